The molecule has 1 aliphatic heterocycles. The summed E-state index contributed by atoms with van der Waals surface area (Å²) in [5.41, 5.74) is 1.33. The Bertz CT molecular complexity index is 1060. The maximum atomic E-state index is 14.1. The molecule has 36 heavy (non-hydrogen) atoms. The molecule has 0 radical (unpaired) electrons. The zero-order valence-electron chi connectivity index (χ0n) is 21.2. The molecule has 0 bridgehead atoms. The standard InChI is InChI=1S/C28H35ClN2O4S/c1-28(15-16-32)14-13-25(21-9-11-23(29)12-10-21)31(27(28)33)26(22-7-8-22)19-30(36(3)34)18-20-5-4-6-24(17-20)35-2/h4-6,9-12,16-17,22,25-26H,7-8,13-15,18-19H2,1-3H3/t25?,26?,28-,36?/m1/s1. The number of carbonyl (C=O) groups excluding carboxylic acids is 2. The van der Waals surface area contributed by atoms with Crippen LogP contribution in [0.15, 0.2) is 48.5 Å². The van der Waals surface area contributed by atoms with E-state index in [1.807, 2.05) is 64.7 Å². The first-order valence-electron chi connectivity index (χ1n) is 12.5. The first-order valence-corrected chi connectivity index (χ1v) is 14.4. The van der Waals surface area contributed by atoms with E-state index in [9.17, 15) is 14.1 Å². The predicted octanol–water partition coefficient (Wildman–Crippen LogP) is 5.18. The number of amides is 1. The number of hydrogen-bond donors (Lipinski definition) is 0. The van der Waals surface area contributed by atoms with Crippen LogP contribution in [0.2, 0.25) is 5.02 Å². The Morgan fingerprint density at radius 3 is 2.58 bits per heavy atom. The lowest BCUT2D eigenvalue weighted by molar-refractivity contribution is -0.155. The molecule has 0 aromatic heterocycles. The molecule has 2 aromatic rings. The molecule has 0 N–H and O–H groups in total. The molecule has 2 fully saturated rings. The lowest BCUT2D eigenvalue weighted by Gasteiger charge is -2.48. The number of benzene rings is 2. The molecule has 1 heterocycles. The van der Waals surface area contributed by atoms with Crippen LogP contribution in [-0.4, -0.2) is 51.9 Å². The van der Waals surface area contributed by atoms with Crippen molar-refractivity contribution in [2.75, 3.05) is 19.9 Å². The first-order chi connectivity index (χ1) is 17.3. The molecule has 0 spiro atoms. The van der Waals surface area contributed by atoms with Crippen LogP contribution in [-0.2, 0) is 27.5 Å². The molecule has 6 nitrogen and oxygen atoms in total. The Balaban J connectivity index is 1.67. The maximum absolute atomic E-state index is 14.1. The summed E-state index contributed by atoms with van der Waals surface area (Å²) in [5.74, 6) is 1.12. The van der Waals surface area contributed by atoms with Gasteiger partial charge in [-0.3, -0.25) is 4.79 Å². The van der Waals surface area contributed by atoms with E-state index in [0.717, 1.165) is 42.4 Å². The topological polar surface area (TPSA) is 72.9 Å². The minimum absolute atomic E-state index is 0.0147. The van der Waals surface area contributed by atoms with Gasteiger partial charge in [0.1, 0.15) is 18.3 Å². The largest absolute Gasteiger partial charge is 0.598 e. The second kappa shape index (κ2) is 11.5. The Labute approximate surface area is 222 Å². The molecule has 194 valence electrons. The predicted molar refractivity (Wildman–Crippen MR) is 143 cm³/mol. The van der Waals surface area contributed by atoms with E-state index in [0.29, 0.717) is 30.5 Å². The third-order valence-electron chi connectivity index (χ3n) is 7.62. The fourth-order valence-electron chi connectivity index (χ4n) is 5.31. The molecule has 4 rings (SSSR count). The van der Waals surface area contributed by atoms with Crippen molar-refractivity contribution < 1.29 is 18.9 Å². The molecule has 1 saturated heterocycles. The van der Waals surface area contributed by atoms with Crippen LogP contribution in [0, 0.1) is 11.3 Å². The Hall–Kier alpha value is -2.06. The molecule has 2 aromatic carbocycles. The highest BCUT2D eigenvalue weighted by Crippen LogP contribution is 2.47. The Kier molecular flexibility index (Phi) is 8.66. The number of methoxy groups -OCH3 is 1. The van der Waals surface area contributed by atoms with E-state index >= 15 is 0 Å². The van der Waals surface area contributed by atoms with E-state index in [4.69, 9.17) is 16.3 Å². The van der Waals surface area contributed by atoms with E-state index < -0.39 is 16.8 Å². The summed E-state index contributed by atoms with van der Waals surface area (Å²) in [5, 5.41) is 0.655. The van der Waals surface area contributed by atoms with Crippen molar-refractivity contribution in [1.29, 1.82) is 0 Å². The van der Waals surface area contributed by atoms with Crippen LogP contribution in [0.25, 0.3) is 0 Å². The molecule has 8 heteroatoms. The van der Waals surface area contributed by atoms with Crippen LogP contribution in [0.4, 0.5) is 0 Å². The quantitative estimate of drug-likeness (QED) is 0.295. The van der Waals surface area contributed by atoms with Gasteiger partial charge in [0, 0.05) is 22.8 Å². The monoisotopic (exact) mass is 530 g/mol. The average molecular weight is 531 g/mol. The van der Waals surface area contributed by atoms with Gasteiger partial charge in [0.15, 0.2) is 0 Å². The van der Waals surface area contributed by atoms with Gasteiger partial charge >= 0.3 is 0 Å². The summed E-state index contributed by atoms with van der Waals surface area (Å²) in [6, 6.07) is 15.3. The molecule has 4 atom stereocenters. The molecular formula is C28H35ClN2O4S. The lowest BCUT2D eigenvalue weighted by atomic mass is 9.74. The van der Waals surface area contributed by atoms with Crippen molar-refractivity contribution in [2.24, 2.45) is 11.3 Å². The highest BCUT2D eigenvalue weighted by molar-refractivity contribution is 7.88. The van der Waals surface area contributed by atoms with Crippen molar-refractivity contribution in [3.8, 4) is 5.75 Å². The lowest BCUT2D eigenvalue weighted by Crippen LogP contribution is -2.57. The van der Waals surface area contributed by atoms with E-state index in [-0.39, 0.29) is 24.4 Å². The normalized spacial score (nSPS) is 24.0. The summed E-state index contributed by atoms with van der Waals surface area (Å²) in [6.07, 6.45) is 6.26. The van der Waals surface area contributed by atoms with Gasteiger partial charge in [-0.2, -0.15) is 0 Å². The zero-order chi connectivity index (χ0) is 25.9. The maximum Gasteiger partial charge on any atom is 0.229 e. The smallest absolute Gasteiger partial charge is 0.229 e. The summed E-state index contributed by atoms with van der Waals surface area (Å²) >= 11 is 4.92. The van der Waals surface area contributed by atoms with E-state index in [2.05, 4.69) is 0 Å². The zero-order valence-corrected chi connectivity index (χ0v) is 22.8. The van der Waals surface area contributed by atoms with Crippen LogP contribution in [0.1, 0.15) is 56.2 Å². The van der Waals surface area contributed by atoms with Gasteiger partial charge in [-0.05, 0) is 67.0 Å². The average Bonchev–Trinajstić information content (AvgIpc) is 3.70. The van der Waals surface area contributed by atoms with Gasteiger partial charge in [-0.1, -0.05) is 42.8 Å². The number of aldehydes is 1. The number of rotatable bonds is 11. The molecule has 1 saturated carbocycles. The molecule has 2 aliphatic rings. The molecule has 1 amide bonds. The Morgan fingerprint density at radius 2 is 1.97 bits per heavy atom. The Morgan fingerprint density at radius 1 is 1.25 bits per heavy atom. The number of piperidine rings is 1. The summed E-state index contributed by atoms with van der Waals surface area (Å²) in [6.45, 7) is 2.89. The highest BCUT2D eigenvalue weighted by Gasteiger charge is 2.50. The van der Waals surface area contributed by atoms with Gasteiger partial charge in [0.25, 0.3) is 0 Å². The number of carbonyl (C=O) groups is 2. The highest BCUT2D eigenvalue weighted by atomic mass is 35.5. The van der Waals surface area contributed by atoms with Gasteiger partial charge in [-0.15, -0.1) is 4.31 Å². The van der Waals surface area contributed by atoms with Gasteiger partial charge in [-0.25, -0.2) is 0 Å². The third kappa shape index (κ3) is 6.08. The minimum atomic E-state index is -1.24. The molecule has 3 unspecified atom stereocenters. The van der Waals surface area contributed by atoms with Crippen molar-refractivity contribution in [2.45, 2.75) is 57.7 Å². The summed E-state index contributed by atoms with van der Waals surface area (Å²) in [4.78, 5) is 27.6. The number of hydrogen-bond acceptors (Lipinski definition) is 5. The van der Waals surface area contributed by atoms with Crippen LogP contribution >= 0.6 is 11.6 Å². The van der Waals surface area contributed by atoms with E-state index in [1.165, 1.54) is 0 Å². The third-order valence-corrected chi connectivity index (χ3v) is 8.87. The van der Waals surface area contributed by atoms with Gasteiger partial charge < -0.3 is 19.0 Å². The summed E-state index contributed by atoms with van der Waals surface area (Å²) in [7, 11) is 1.63. The fraction of sp³-hybridized carbons (Fsp3) is 0.500. The van der Waals surface area contributed by atoms with Gasteiger partial charge in [0.2, 0.25) is 5.91 Å². The van der Waals surface area contributed by atoms with Crippen molar-refractivity contribution in [1.82, 2.24) is 9.21 Å². The van der Waals surface area contributed by atoms with Gasteiger partial charge in [0.05, 0.1) is 37.7 Å². The number of nitrogens with zero attached hydrogens (tertiary/aromatic N) is 2. The minimum Gasteiger partial charge on any atom is -0.598 e. The number of likely N-dealkylation sites (tertiary alicyclic amines) is 1. The van der Waals surface area contributed by atoms with E-state index in [1.54, 1.807) is 13.4 Å². The number of halogens is 1. The van der Waals surface area contributed by atoms with Crippen molar-refractivity contribution in [3.05, 3.63) is 64.7 Å². The SMILES string of the molecule is COc1cccc(CN(CC(C2CC2)N2C(=O)[C@@](C)(CC=O)CCC2c2ccc(Cl)cc2)[S+](C)[O-])c1. The molecule has 1 aliphatic carbocycles. The van der Waals surface area contributed by atoms with Crippen LogP contribution in [0.3, 0.4) is 0 Å². The fourth-order valence-corrected chi connectivity index (χ4v) is 6.13. The molecular weight excluding hydrogens is 496 g/mol. The first kappa shape index (κ1) is 27.0. The number of ether oxygens (including phenoxy) is 1. The van der Waals surface area contributed by atoms with Crippen molar-refractivity contribution in [3.63, 3.8) is 0 Å². The van der Waals surface area contributed by atoms with Crippen LogP contribution < -0.4 is 4.74 Å². The van der Waals surface area contributed by atoms with Crippen LogP contribution in [0.5, 0.6) is 5.75 Å². The second-order valence-corrected chi connectivity index (χ2v) is 12.1. The van der Waals surface area contributed by atoms with Crippen molar-refractivity contribution >= 4 is 35.2 Å². The second-order valence-electron chi connectivity index (χ2n) is 10.3. The summed E-state index contributed by atoms with van der Waals surface area (Å²) < 4.78 is 20.2.